The number of thioether (sulfide) groups is 1. The molecular weight excluding hydrogens is 260 g/mol. The Labute approximate surface area is 116 Å². The molecule has 0 atom stereocenters. The molecule has 0 spiro atoms. The van der Waals surface area contributed by atoms with E-state index in [-0.39, 0.29) is 5.91 Å². The number of carbonyl (C=O) groups excluding carboxylic acids is 1. The van der Waals surface area contributed by atoms with Crippen molar-refractivity contribution in [2.75, 3.05) is 11.6 Å². The third-order valence-corrected chi connectivity index (χ3v) is 3.38. The summed E-state index contributed by atoms with van der Waals surface area (Å²) in [5.74, 6) is 0.683. The topological polar surface area (TPSA) is 70.7 Å². The lowest BCUT2D eigenvalue weighted by atomic mass is 10.1. The van der Waals surface area contributed by atoms with Gasteiger partial charge in [0.05, 0.1) is 5.56 Å². The van der Waals surface area contributed by atoms with Crippen molar-refractivity contribution in [3.63, 3.8) is 0 Å². The first-order valence-corrected chi connectivity index (χ1v) is 7.20. The van der Waals surface area contributed by atoms with Crippen molar-refractivity contribution in [1.29, 1.82) is 0 Å². The van der Waals surface area contributed by atoms with Crippen LogP contribution in [0.1, 0.15) is 35.8 Å². The van der Waals surface area contributed by atoms with Crippen LogP contribution in [0.2, 0.25) is 0 Å². The molecule has 0 saturated heterocycles. The number of nitrogens with zero attached hydrogens (tertiary/aromatic N) is 2. The molecule has 100 valence electrons. The van der Waals surface area contributed by atoms with Gasteiger partial charge in [0, 0.05) is 18.0 Å². The van der Waals surface area contributed by atoms with Crippen LogP contribution >= 0.6 is 11.8 Å². The van der Waals surface area contributed by atoms with E-state index in [1.807, 2.05) is 12.3 Å². The van der Waals surface area contributed by atoms with Gasteiger partial charge in [-0.05, 0) is 24.3 Å². The first-order chi connectivity index (χ1) is 9.11. The average Bonchev–Trinajstić information content (AvgIpc) is 2.87. The molecule has 0 aliphatic carbocycles. The van der Waals surface area contributed by atoms with Crippen molar-refractivity contribution in [3.05, 3.63) is 35.7 Å². The fourth-order valence-corrected chi connectivity index (χ4v) is 2.15. The van der Waals surface area contributed by atoms with E-state index in [1.54, 1.807) is 18.3 Å². The summed E-state index contributed by atoms with van der Waals surface area (Å²) >= 11 is 1.44. The van der Waals surface area contributed by atoms with Crippen LogP contribution < -0.4 is 5.32 Å². The quantitative estimate of drug-likeness (QED) is 0.842. The van der Waals surface area contributed by atoms with E-state index >= 15 is 0 Å². The number of hydrogen-bond donors (Lipinski definition) is 2. The third-order valence-electron chi connectivity index (χ3n) is 2.67. The molecule has 2 N–H and O–H groups in total. The zero-order chi connectivity index (χ0) is 13.8. The molecule has 1 amide bonds. The standard InChI is InChI=1S/C13H16N4OS/c1-8(2)10-7-11(17-16-10)15-12(18)9-5-4-6-14-13(9)19-3/h4-8H,1-3H3,(H2,15,16,17,18). The molecule has 0 fully saturated rings. The lowest BCUT2D eigenvalue weighted by molar-refractivity contribution is 0.102. The Kier molecular flexibility index (Phi) is 4.21. The molecule has 2 aromatic heterocycles. The van der Waals surface area contributed by atoms with Gasteiger partial charge in [0.15, 0.2) is 5.82 Å². The second kappa shape index (κ2) is 5.88. The fourth-order valence-electron chi connectivity index (χ4n) is 1.61. The molecule has 6 heteroatoms. The molecule has 2 heterocycles. The van der Waals surface area contributed by atoms with Crippen molar-refractivity contribution in [2.24, 2.45) is 0 Å². The Hall–Kier alpha value is -1.82. The number of hydrogen-bond acceptors (Lipinski definition) is 4. The summed E-state index contributed by atoms with van der Waals surface area (Å²) in [6, 6.07) is 5.35. The maximum Gasteiger partial charge on any atom is 0.259 e. The highest BCUT2D eigenvalue weighted by Crippen LogP contribution is 2.19. The number of pyridine rings is 1. The summed E-state index contributed by atoms with van der Waals surface area (Å²) in [4.78, 5) is 16.3. The van der Waals surface area contributed by atoms with Crippen molar-refractivity contribution >= 4 is 23.5 Å². The molecule has 0 radical (unpaired) electrons. The van der Waals surface area contributed by atoms with E-state index in [0.29, 0.717) is 22.3 Å². The van der Waals surface area contributed by atoms with E-state index in [2.05, 4.69) is 34.3 Å². The van der Waals surface area contributed by atoms with Gasteiger partial charge in [0.25, 0.3) is 5.91 Å². The summed E-state index contributed by atoms with van der Waals surface area (Å²) in [6.07, 6.45) is 3.57. The molecule has 2 rings (SSSR count). The Bertz CT molecular complexity index is 580. The summed E-state index contributed by atoms with van der Waals surface area (Å²) < 4.78 is 0. The van der Waals surface area contributed by atoms with Crippen LogP contribution in [-0.2, 0) is 0 Å². The third kappa shape index (κ3) is 3.14. The minimum atomic E-state index is -0.195. The van der Waals surface area contributed by atoms with Gasteiger partial charge in [0.2, 0.25) is 0 Å². The van der Waals surface area contributed by atoms with Crippen LogP contribution in [0.3, 0.4) is 0 Å². The highest BCUT2D eigenvalue weighted by atomic mass is 32.2. The molecule has 0 bridgehead atoms. The molecule has 5 nitrogen and oxygen atoms in total. The smallest absolute Gasteiger partial charge is 0.259 e. The number of aromatic nitrogens is 3. The second-order valence-corrected chi connectivity index (χ2v) is 5.17. The van der Waals surface area contributed by atoms with Crippen molar-refractivity contribution in [3.8, 4) is 0 Å². The van der Waals surface area contributed by atoms with Gasteiger partial charge in [-0.25, -0.2) is 4.98 Å². The van der Waals surface area contributed by atoms with E-state index in [0.717, 1.165) is 5.69 Å². The van der Waals surface area contributed by atoms with Gasteiger partial charge in [-0.1, -0.05) is 13.8 Å². The fraction of sp³-hybridized carbons (Fsp3) is 0.308. The molecule has 2 aromatic rings. The van der Waals surface area contributed by atoms with Crippen molar-refractivity contribution in [1.82, 2.24) is 15.2 Å². The first kappa shape index (κ1) is 13.6. The Morgan fingerprint density at radius 3 is 2.89 bits per heavy atom. The van der Waals surface area contributed by atoms with Gasteiger partial charge in [-0.15, -0.1) is 11.8 Å². The summed E-state index contributed by atoms with van der Waals surface area (Å²) in [6.45, 7) is 4.12. The number of anilines is 1. The number of carbonyl (C=O) groups is 1. The Morgan fingerprint density at radius 1 is 1.47 bits per heavy atom. The molecule has 0 unspecified atom stereocenters. The van der Waals surface area contributed by atoms with Gasteiger partial charge in [-0.3, -0.25) is 9.89 Å². The predicted octanol–water partition coefficient (Wildman–Crippen LogP) is 2.90. The van der Waals surface area contributed by atoms with Crippen LogP contribution in [0.4, 0.5) is 5.82 Å². The Morgan fingerprint density at radius 2 is 2.26 bits per heavy atom. The van der Waals surface area contributed by atoms with Crippen molar-refractivity contribution < 1.29 is 4.79 Å². The second-order valence-electron chi connectivity index (χ2n) is 4.38. The molecule has 0 aliphatic rings. The van der Waals surface area contributed by atoms with Gasteiger partial charge in [0.1, 0.15) is 5.03 Å². The number of amides is 1. The molecule has 0 saturated carbocycles. The normalized spacial score (nSPS) is 10.7. The molecule has 19 heavy (non-hydrogen) atoms. The lowest BCUT2D eigenvalue weighted by Crippen LogP contribution is -2.13. The lowest BCUT2D eigenvalue weighted by Gasteiger charge is -2.05. The highest BCUT2D eigenvalue weighted by Gasteiger charge is 2.13. The largest absolute Gasteiger partial charge is 0.305 e. The predicted molar refractivity (Wildman–Crippen MR) is 76.6 cm³/mol. The molecule has 0 aromatic carbocycles. The first-order valence-electron chi connectivity index (χ1n) is 5.97. The summed E-state index contributed by atoms with van der Waals surface area (Å²) in [5, 5.41) is 10.5. The zero-order valence-electron chi connectivity index (χ0n) is 11.1. The van der Waals surface area contributed by atoms with E-state index < -0.39 is 0 Å². The SMILES string of the molecule is CSc1ncccc1C(=O)Nc1cc(C(C)C)[nH]n1. The van der Waals surface area contributed by atoms with E-state index in [1.165, 1.54) is 11.8 Å². The number of rotatable bonds is 4. The van der Waals surface area contributed by atoms with Gasteiger partial charge in [-0.2, -0.15) is 5.10 Å². The van der Waals surface area contributed by atoms with Gasteiger partial charge < -0.3 is 5.32 Å². The summed E-state index contributed by atoms with van der Waals surface area (Å²) in [7, 11) is 0. The number of nitrogens with one attached hydrogen (secondary N) is 2. The zero-order valence-corrected chi connectivity index (χ0v) is 11.9. The molecule has 0 aliphatic heterocycles. The maximum absolute atomic E-state index is 12.2. The minimum absolute atomic E-state index is 0.195. The van der Waals surface area contributed by atoms with Crippen LogP contribution in [0, 0.1) is 0 Å². The van der Waals surface area contributed by atoms with Crippen molar-refractivity contribution in [2.45, 2.75) is 24.8 Å². The van der Waals surface area contributed by atoms with Crippen LogP contribution in [0.5, 0.6) is 0 Å². The number of aromatic amines is 1. The monoisotopic (exact) mass is 276 g/mol. The highest BCUT2D eigenvalue weighted by molar-refractivity contribution is 7.98. The van der Waals surface area contributed by atoms with Crippen LogP contribution in [0.25, 0.3) is 0 Å². The Balaban J connectivity index is 2.16. The maximum atomic E-state index is 12.2. The van der Waals surface area contributed by atoms with E-state index in [9.17, 15) is 4.79 Å². The average molecular weight is 276 g/mol. The van der Waals surface area contributed by atoms with Crippen LogP contribution in [0.15, 0.2) is 29.4 Å². The summed E-state index contributed by atoms with van der Waals surface area (Å²) in [5.41, 5.74) is 1.55. The minimum Gasteiger partial charge on any atom is -0.305 e. The molecular formula is C13H16N4OS. The van der Waals surface area contributed by atoms with Crippen LogP contribution in [-0.4, -0.2) is 27.3 Å². The van der Waals surface area contributed by atoms with E-state index in [4.69, 9.17) is 0 Å². The van der Waals surface area contributed by atoms with Gasteiger partial charge >= 0.3 is 0 Å². The number of H-pyrrole nitrogens is 1.